The Morgan fingerprint density at radius 3 is 2.47 bits per heavy atom. The van der Waals surface area contributed by atoms with Crippen molar-refractivity contribution in [2.24, 2.45) is 0 Å². The van der Waals surface area contributed by atoms with Gasteiger partial charge in [-0.25, -0.2) is 21.6 Å². The number of carbonyl (C=O) groups excluding carboxylic acids is 1. The predicted molar refractivity (Wildman–Crippen MR) is 69.0 cm³/mol. The van der Waals surface area contributed by atoms with E-state index in [4.69, 9.17) is 10.7 Å². The summed E-state index contributed by atoms with van der Waals surface area (Å²) in [6.07, 6.45) is 0. The summed E-state index contributed by atoms with van der Waals surface area (Å²) in [6, 6.07) is 0. The second-order valence-corrected chi connectivity index (χ2v) is 9.01. The quantitative estimate of drug-likeness (QED) is 0.514. The van der Waals surface area contributed by atoms with Crippen LogP contribution in [-0.2, 0) is 23.9 Å². The molecule has 0 spiro atoms. The Bertz CT molecular complexity index is 667. The fraction of sp³-hybridized carbons (Fsp3) is 0.500. The monoisotopic (exact) mass is 348 g/mol. The molecule has 0 aliphatic rings. The molecule has 13 heteroatoms. The average molecular weight is 349 g/mol. The minimum atomic E-state index is -3.98. The number of hydrogen-bond donors (Lipinski definition) is 2. The van der Waals surface area contributed by atoms with E-state index in [1.54, 1.807) is 0 Å². The van der Waals surface area contributed by atoms with Gasteiger partial charge in [0.2, 0.25) is 24.4 Å². The Labute approximate surface area is 117 Å². The maximum Gasteiger partial charge on any atom is 0.269 e. The molecule has 0 aliphatic heterocycles. The van der Waals surface area contributed by atoms with Gasteiger partial charge in [0.1, 0.15) is 0 Å². The molecule has 1 heterocycles. The lowest BCUT2D eigenvalue weighted by atomic mass is 10.7. The van der Waals surface area contributed by atoms with Gasteiger partial charge in [-0.2, -0.15) is 0 Å². The second kappa shape index (κ2) is 6.09. The number of amides is 1. The van der Waals surface area contributed by atoms with Crippen molar-refractivity contribution >= 4 is 52.1 Å². The van der Waals surface area contributed by atoms with Gasteiger partial charge in [0.15, 0.2) is 0 Å². The molecule has 0 fully saturated rings. The van der Waals surface area contributed by atoms with Crippen LogP contribution in [0.15, 0.2) is 4.34 Å². The minimum Gasteiger partial charge on any atom is -0.301 e. The third-order valence-electron chi connectivity index (χ3n) is 1.56. The van der Waals surface area contributed by atoms with Gasteiger partial charge in [0.25, 0.3) is 10.0 Å². The van der Waals surface area contributed by atoms with E-state index in [2.05, 4.69) is 15.5 Å². The Balaban J connectivity index is 2.72. The minimum absolute atomic E-state index is 0.0258. The molecule has 0 radical (unpaired) electrons. The summed E-state index contributed by atoms with van der Waals surface area (Å²) in [4.78, 5) is 10.7. The highest BCUT2D eigenvalue weighted by Gasteiger charge is 2.21. The fourth-order valence-electron chi connectivity index (χ4n) is 0.879. The molecule has 1 aromatic rings. The molecule has 0 unspecified atom stereocenters. The van der Waals surface area contributed by atoms with E-state index < -0.39 is 30.7 Å². The molecule has 0 aliphatic carbocycles. The van der Waals surface area contributed by atoms with E-state index >= 15 is 0 Å². The van der Waals surface area contributed by atoms with Crippen molar-refractivity contribution in [2.75, 3.05) is 17.6 Å². The molecule has 0 bridgehead atoms. The molecule has 1 amide bonds. The lowest BCUT2D eigenvalue weighted by Gasteiger charge is -2.00. The average Bonchev–Trinajstić information content (AvgIpc) is 2.63. The first-order valence-electron chi connectivity index (χ1n) is 4.63. The second-order valence-electron chi connectivity index (χ2n) is 3.20. The standard InChI is InChI=1S/C6H9ClN4O5S3/c1-4(12)9-5-10-11-6(17-5)19(15,16)8-2-3-18(7,13)14/h8H,2-3H2,1H3,(H,9,10,12). The zero-order valence-corrected chi connectivity index (χ0v) is 12.7. The van der Waals surface area contributed by atoms with E-state index in [9.17, 15) is 21.6 Å². The van der Waals surface area contributed by atoms with Crippen LogP contribution in [0.2, 0.25) is 0 Å². The van der Waals surface area contributed by atoms with Gasteiger partial charge >= 0.3 is 0 Å². The number of nitrogens with zero attached hydrogens (tertiary/aromatic N) is 2. The molecular formula is C6H9ClN4O5S3. The van der Waals surface area contributed by atoms with E-state index in [0.717, 1.165) is 0 Å². The number of hydrogen-bond acceptors (Lipinski definition) is 8. The van der Waals surface area contributed by atoms with Crippen LogP contribution in [0, 0.1) is 0 Å². The van der Waals surface area contributed by atoms with Crippen LogP contribution < -0.4 is 10.0 Å². The van der Waals surface area contributed by atoms with E-state index in [1.807, 2.05) is 4.72 Å². The van der Waals surface area contributed by atoms with E-state index in [1.165, 1.54) is 6.92 Å². The van der Waals surface area contributed by atoms with Crippen LogP contribution in [0.25, 0.3) is 0 Å². The Kier molecular flexibility index (Phi) is 5.20. The summed E-state index contributed by atoms with van der Waals surface area (Å²) in [5.41, 5.74) is 0. The van der Waals surface area contributed by atoms with E-state index in [-0.39, 0.29) is 16.0 Å². The third kappa shape index (κ3) is 5.78. The van der Waals surface area contributed by atoms with Crippen LogP contribution >= 0.6 is 22.0 Å². The Hall–Kier alpha value is -0.820. The first-order chi connectivity index (χ1) is 8.60. The molecule has 1 rings (SSSR count). The highest BCUT2D eigenvalue weighted by Crippen LogP contribution is 2.19. The number of rotatable bonds is 6. The van der Waals surface area contributed by atoms with Gasteiger partial charge in [-0.3, -0.25) is 4.79 Å². The fourth-order valence-corrected chi connectivity index (χ4v) is 3.60. The summed E-state index contributed by atoms with van der Waals surface area (Å²) >= 11 is 0.639. The molecule has 0 atom stereocenters. The maximum absolute atomic E-state index is 11.7. The van der Waals surface area contributed by atoms with Crippen LogP contribution in [0.4, 0.5) is 5.13 Å². The number of aromatic nitrogens is 2. The number of carbonyl (C=O) groups is 1. The van der Waals surface area contributed by atoms with Crippen LogP contribution in [0.3, 0.4) is 0 Å². The largest absolute Gasteiger partial charge is 0.301 e. The molecule has 19 heavy (non-hydrogen) atoms. The smallest absolute Gasteiger partial charge is 0.269 e. The maximum atomic E-state index is 11.7. The Morgan fingerprint density at radius 2 is 1.95 bits per heavy atom. The molecule has 9 nitrogen and oxygen atoms in total. The van der Waals surface area contributed by atoms with Gasteiger partial charge in [0.05, 0.1) is 5.75 Å². The van der Waals surface area contributed by atoms with E-state index in [0.29, 0.717) is 11.3 Å². The first kappa shape index (κ1) is 16.2. The number of halogens is 1. The summed E-state index contributed by atoms with van der Waals surface area (Å²) in [7, 11) is -2.83. The number of anilines is 1. The summed E-state index contributed by atoms with van der Waals surface area (Å²) in [5.74, 6) is -0.966. The van der Waals surface area contributed by atoms with Crippen molar-refractivity contribution in [3.8, 4) is 0 Å². The predicted octanol–water partition coefficient (Wildman–Crippen LogP) is -0.657. The van der Waals surface area contributed by atoms with Gasteiger partial charge in [0, 0.05) is 24.2 Å². The van der Waals surface area contributed by atoms with Crippen molar-refractivity contribution < 1.29 is 21.6 Å². The third-order valence-corrected chi connectivity index (χ3v) is 5.38. The zero-order chi connectivity index (χ0) is 14.7. The highest BCUT2D eigenvalue weighted by atomic mass is 35.7. The van der Waals surface area contributed by atoms with Gasteiger partial charge in [-0.1, -0.05) is 11.3 Å². The van der Waals surface area contributed by atoms with Crippen molar-refractivity contribution in [2.45, 2.75) is 11.3 Å². The van der Waals surface area contributed by atoms with Crippen molar-refractivity contribution in [3.05, 3.63) is 0 Å². The number of sulfonamides is 1. The molecule has 108 valence electrons. The molecule has 0 aromatic carbocycles. The molecule has 0 saturated carbocycles. The highest BCUT2D eigenvalue weighted by molar-refractivity contribution is 8.13. The van der Waals surface area contributed by atoms with Crippen LogP contribution in [0.5, 0.6) is 0 Å². The summed E-state index contributed by atoms with van der Waals surface area (Å²) in [5, 5.41) is 9.13. The SMILES string of the molecule is CC(=O)Nc1nnc(S(=O)(=O)NCCS(=O)(=O)Cl)s1. The molecule has 1 aromatic heterocycles. The normalized spacial score (nSPS) is 12.3. The van der Waals surface area contributed by atoms with Crippen molar-refractivity contribution in [3.63, 3.8) is 0 Å². The summed E-state index contributed by atoms with van der Waals surface area (Å²) < 4.78 is 46.2. The van der Waals surface area contributed by atoms with Crippen LogP contribution in [0.1, 0.15) is 6.92 Å². The van der Waals surface area contributed by atoms with Crippen molar-refractivity contribution in [1.29, 1.82) is 0 Å². The lowest BCUT2D eigenvalue weighted by Crippen LogP contribution is -2.28. The van der Waals surface area contributed by atoms with Gasteiger partial charge in [-0.05, 0) is 0 Å². The number of nitrogens with one attached hydrogen (secondary N) is 2. The van der Waals surface area contributed by atoms with Gasteiger partial charge < -0.3 is 5.32 Å². The molecule has 0 saturated heterocycles. The zero-order valence-electron chi connectivity index (χ0n) is 9.45. The Morgan fingerprint density at radius 1 is 1.32 bits per heavy atom. The molecule has 2 N–H and O–H groups in total. The summed E-state index contributed by atoms with van der Waals surface area (Å²) in [6.45, 7) is 0.850. The van der Waals surface area contributed by atoms with Gasteiger partial charge in [-0.15, -0.1) is 10.2 Å². The molecular weight excluding hydrogens is 340 g/mol. The lowest BCUT2D eigenvalue weighted by molar-refractivity contribution is -0.114. The first-order valence-corrected chi connectivity index (χ1v) is 9.41. The van der Waals surface area contributed by atoms with Crippen molar-refractivity contribution in [1.82, 2.24) is 14.9 Å². The topological polar surface area (TPSA) is 135 Å². The van der Waals surface area contributed by atoms with Crippen LogP contribution in [-0.4, -0.2) is 45.2 Å².